The van der Waals surface area contributed by atoms with Gasteiger partial charge in [0.15, 0.2) is 0 Å². The Morgan fingerprint density at radius 2 is 1.73 bits per heavy atom. The molecule has 0 rings (SSSR count). The van der Waals surface area contributed by atoms with Crippen molar-refractivity contribution in [2.45, 2.75) is 53.9 Å². The Morgan fingerprint density at radius 3 is 2.09 bits per heavy atom. The molecule has 0 radical (unpaired) electrons. The van der Waals surface area contributed by atoms with Crippen molar-refractivity contribution >= 4 is 0 Å². The van der Waals surface area contributed by atoms with Crippen molar-refractivity contribution < 1.29 is 0 Å². The first-order valence-electron chi connectivity index (χ1n) is 4.79. The molecule has 1 unspecified atom stereocenters. The highest BCUT2D eigenvalue weighted by Gasteiger charge is 2.04. The topological polar surface area (TPSA) is 0 Å². The normalized spacial score (nSPS) is 16.1. The molecule has 0 heterocycles. The van der Waals surface area contributed by atoms with Gasteiger partial charge in [0.1, 0.15) is 0 Å². The summed E-state index contributed by atoms with van der Waals surface area (Å²) in [5, 5.41) is 0. The third kappa shape index (κ3) is 3.60. The summed E-state index contributed by atoms with van der Waals surface area (Å²) in [6.45, 7) is 11.3. The van der Waals surface area contributed by atoms with E-state index >= 15 is 0 Å². The lowest BCUT2D eigenvalue weighted by Crippen LogP contribution is -1.98. The van der Waals surface area contributed by atoms with Crippen molar-refractivity contribution in [2.24, 2.45) is 5.92 Å². The van der Waals surface area contributed by atoms with E-state index in [1.165, 1.54) is 19.3 Å². The van der Waals surface area contributed by atoms with E-state index in [1.54, 1.807) is 11.1 Å². The number of hydrogen-bond donors (Lipinski definition) is 0. The van der Waals surface area contributed by atoms with E-state index in [4.69, 9.17) is 0 Å². The molecule has 0 N–H and O–H groups in total. The van der Waals surface area contributed by atoms with Crippen LogP contribution in [0.25, 0.3) is 0 Å². The van der Waals surface area contributed by atoms with Crippen LogP contribution in [-0.2, 0) is 0 Å². The van der Waals surface area contributed by atoms with Crippen LogP contribution < -0.4 is 0 Å². The SMILES string of the molecule is CCCC(C)C(C)=C(C)CC. The second-order valence-corrected chi connectivity index (χ2v) is 3.51. The van der Waals surface area contributed by atoms with Gasteiger partial charge in [-0.25, -0.2) is 0 Å². The molecule has 0 aromatic heterocycles. The third-order valence-electron chi connectivity index (χ3n) is 2.66. The van der Waals surface area contributed by atoms with Crippen LogP contribution in [0, 0.1) is 5.92 Å². The molecule has 0 nitrogen and oxygen atoms in total. The summed E-state index contributed by atoms with van der Waals surface area (Å²) in [5.41, 5.74) is 3.18. The Kier molecular flexibility index (Phi) is 5.27. The summed E-state index contributed by atoms with van der Waals surface area (Å²) in [6.07, 6.45) is 3.85. The average Bonchev–Trinajstić information content (AvgIpc) is 2.02. The first kappa shape index (κ1) is 10.7. The molecule has 0 aliphatic carbocycles. The van der Waals surface area contributed by atoms with E-state index in [9.17, 15) is 0 Å². The van der Waals surface area contributed by atoms with Crippen molar-refractivity contribution in [3.63, 3.8) is 0 Å². The summed E-state index contributed by atoms with van der Waals surface area (Å²) in [4.78, 5) is 0. The Bertz CT molecular complexity index is 131. The van der Waals surface area contributed by atoms with E-state index in [1.807, 2.05) is 0 Å². The maximum atomic E-state index is 2.33. The van der Waals surface area contributed by atoms with Gasteiger partial charge in [0.25, 0.3) is 0 Å². The van der Waals surface area contributed by atoms with Crippen LogP contribution in [0.3, 0.4) is 0 Å². The molecule has 0 aromatic carbocycles. The fourth-order valence-corrected chi connectivity index (χ4v) is 1.35. The largest absolute Gasteiger partial charge is 0.0744 e. The van der Waals surface area contributed by atoms with Gasteiger partial charge in [0.05, 0.1) is 0 Å². The molecule has 0 fully saturated rings. The summed E-state index contributed by atoms with van der Waals surface area (Å²) in [6, 6.07) is 0. The maximum absolute atomic E-state index is 2.33. The average molecular weight is 154 g/mol. The van der Waals surface area contributed by atoms with Crippen LogP contribution in [0.15, 0.2) is 11.1 Å². The molecule has 0 heteroatoms. The molecule has 1 atom stereocenters. The van der Waals surface area contributed by atoms with E-state index in [2.05, 4.69) is 34.6 Å². The van der Waals surface area contributed by atoms with Crippen molar-refractivity contribution in [1.29, 1.82) is 0 Å². The van der Waals surface area contributed by atoms with Crippen LogP contribution in [0.1, 0.15) is 53.9 Å². The molecule has 0 spiro atoms. The minimum atomic E-state index is 0.792. The van der Waals surface area contributed by atoms with E-state index in [0.29, 0.717) is 0 Å². The van der Waals surface area contributed by atoms with E-state index < -0.39 is 0 Å². The molecule has 0 aliphatic heterocycles. The van der Waals surface area contributed by atoms with Gasteiger partial charge in [-0.3, -0.25) is 0 Å². The number of rotatable bonds is 4. The van der Waals surface area contributed by atoms with Gasteiger partial charge in [-0.2, -0.15) is 0 Å². The van der Waals surface area contributed by atoms with Gasteiger partial charge in [-0.1, -0.05) is 38.3 Å². The molecular weight excluding hydrogens is 132 g/mol. The van der Waals surface area contributed by atoms with Crippen molar-refractivity contribution in [2.75, 3.05) is 0 Å². The van der Waals surface area contributed by atoms with Crippen LogP contribution in [0.5, 0.6) is 0 Å². The second-order valence-electron chi connectivity index (χ2n) is 3.51. The molecule has 66 valence electrons. The van der Waals surface area contributed by atoms with Crippen LogP contribution >= 0.6 is 0 Å². The Labute approximate surface area is 71.7 Å². The highest BCUT2D eigenvalue weighted by Crippen LogP contribution is 2.20. The van der Waals surface area contributed by atoms with Gasteiger partial charge >= 0.3 is 0 Å². The van der Waals surface area contributed by atoms with Crippen molar-refractivity contribution in [1.82, 2.24) is 0 Å². The van der Waals surface area contributed by atoms with Crippen LogP contribution in [0.2, 0.25) is 0 Å². The van der Waals surface area contributed by atoms with Gasteiger partial charge < -0.3 is 0 Å². The minimum absolute atomic E-state index is 0.792. The monoisotopic (exact) mass is 154 g/mol. The zero-order valence-corrected chi connectivity index (χ0v) is 8.70. The first-order chi connectivity index (χ1) is 5.13. The molecule has 0 saturated carbocycles. The Balaban J connectivity index is 4.09. The van der Waals surface area contributed by atoms with Gasteiger partial charge in [0.2, 0.25) is 0 Å². The van der Waals surface area contributed by atoms with Gasteiger partial charge in [-0.05, 0) is 32.6 Å². The Hall–Kier alpha value is -0.260. The molecule has 0 aliphatic rings. The van der Waals surface area contributed by atoms with Crippen molar-refractivity contribution in [3.05, 3.63) is 11.1 Å². The highest BCUT2D eigenvalue weighted by atomic mass is 14.1. The number of hydrogen-bond acceptors (Lipinski definition) is 0. The zero-order valence-electron chi connectivity index (χ0n) is 8.70. The fourth-order valence-electron chi connectivity index (χ4n) is 1.35. The van der Waals surface area contributed by atoms with E-state index in [0.717, 1.165) is 5.92 Å². The predicted octanol–water partition coefficient (Wildman–Crippen LogP) is 4.17. The van der Waals surface area contributed by atoms with E-state index in [-0.39, 0.29) is 0 Å². The summed E-state index contributed by atoms with van der Waals surface area (Å²) in [7, 11) is 0. The molecule has 0 amide bonds. The maximum Gasteiger partial charge on any atom is -0.0232 e. The minimum Gasteiger partial charge on any atom is -0.0744 e. The summed E-state index contributed by atoms with van der Waals surface area (Å²) in [5.74, 6) is 0.792. The molecular formula is C11H22. The zero-order chi connectivity index (χ0) is 8.85. The fraction of sp³-hybridized carbons (Fsp3) is 0.818. The predicted molar refractivity (Wildman–Crippen MR) is 52.7 cm³/mol. The number of allylic oxidation sites excluding steroid dienone is 2. The van der Waals surface area contributed by atoms with Crippen LogP contribution in [0.4, 0.5) is 0 Å². The first-order valence-corrected chi connectivity index (χ1v) is 4.79. The second kappa shape index (κ2) is 5.40. The van der Waals surface area contributed by atoms with Gasteiger partial charge in [0, 0.05) is 0 Å². The van der Waals surface area contributed by atoms with Crippen LogP contribution in [-0.4, -0.2) is 0 Å². The molecule has 11 heavy (non-hydrogen) atoms. The smallest absolute Gasteiger partial charge is 0.0232 e. The standard InChI is InChI=1S/C11H22/c1-6-8-10(4)11(5)9(3)7-2/h10H,6-8H2,1-5H3. The van der Waals surface area contributed by atoms with Crippen molar-refractivity contribution in [3.8, 4) is 0 Å². The van der Waals surface area contributed by atoms with Gasteiger partial charge in [-0.15, -0.1) is 0 Å². The lowest BCUT2D eigenvalue weighted by Gasteiger charge is -2.13. The summed E-state index contributed by atoms with van der Waals surface area (Å²) >= 11 is 0. The lowest BCUT2D eigenvalue weighted by atomic mass is 9.93. The molecule has 0 saturated heterocycles. The third-order valence-corrected chi connectivity index (χ3v) is 2.66. The molecule has 0 aromatic rings. The lowest BCUT2D eigenvalue weighted by molar-refractivity contribution is 0.594. The Morgan fingerprint density at radius 1 is 1.18 bits per heavy atom. The summed E-state index contributed by atoms with van der Waals surface area (Å²) < 4.78 is 0. The molecule has 0 bridgehead atoms. The quantitative estimate of drug-likeness (QED) is 0.533. The highest BCUT2D eigenvalue weighted by molar-refractivity contribution is 5.11.